The lowest BCUT2D eigenvalue weighted by Gasteiger charge is -2.28. The Bertz CT molecular complexity index is 284. The summed E-state index contributed by atoms with van der Waals surface area (Å²) in [6.07, 6.45) is 0.746. The predicted octanol–water partition coefficient (Wildman–Crippen LogP) is 2.17. The summed E-state index contributed by atoms with van der Waals surface area (Å²) in [5.74, 6) is -0.655. The Kier molecular flexibility index (Phi) is 6.73. The zero-order valence-corrected chi connectivity index (χ0v) is 12.1. The number of carbonyl (C=O) groups is 2. The number of hydrogen-bond donors (Lipinski definition) is 2. The number of aliphatic carboxylic acids is 1. The molecule has 0 aliphatic rings. The second-order valence-electron chi connectivity index (χ2n) is 5.77. The summed E-state index contributed by atoms with van der Waals surface area (Å²) in [6.45, 7) is 11.1. The lowest BCUT2D eigenvalue weighted by atomic mass is 9.82. The van der Waals surface area contributed by atoms with Crippen LogP contribution < -0.4 is 5.32 Å². The molecule has 0 saturated carbocycles. The summed E-state index contributed by atoms with van der Waals surface area (Å²) in [5.41, 5.74) is 0.121. The van der Waals surface area contributed by atoms with Gasteiger partial charge in [-0.25, -0.2) is 4.79 Å². The highest BCUT2D eigenvalue weighted by atomic mass is 16.4. The van der Waals surface area contributed by atoms with Gasteiger partial charge in [0.05, 0.1) is 0 Å². The van der Waals surface area contributed by atoms with Gasteiger partial charge in [0.15, 0.2) is 0 Å². The van der Waals surface area contributed by atoms with Crippen LogP contribution in [0.5, 0.6) is 0 Å². The molecule has 0 aromatic rings. The fourth-order valence-corrected chi connectivity index (χ4v) is 1.34. The topological polar surface area (TPSA) is 69.6 Å². The molecule has 18 heavy (non-hydrogen) atoms. The molecular formula is C13H26N2O3. The summed E-state index contributed by atoms with van der Waals surface area (Å²) in [6, 6.07) is -0.296. The molecule has 5 heteroatoms. The van der Waals surface area contributed by atoms with Crippen LogP contribution in [0, 0.1) is 11.3 Å². The number of carbonyl (C=O) groups excluding carboxylic acids is 1. The van der Waals surface area contributed by atoms with E-state index in [-0.39, 0.29) is 18.0 Å². The summed E-state index contributed by atoms with van der Waals surface area (Å²) in [5, 5.41) is 11.5. The van der Waals surface area contributed by atoms with Gasteiger partial charge in [-0.3, -0.25) is 4.79 Å². The minimum atomic E-state index is -0.984. The van der Waals surface area contributed by atoms with E-state index in [0.717, 1.165) is 6.42 Å². The number of nitrogens with zero attached hydrogens (tertiary/aromatic N) is 1. The highest BCUT2D eigenvalue weighted by Crippen LogP contribution is 2.24. The Labute approximate surface area is 110 Å². The van der Waals surface area contributed by atoms with Crippen molar-refractivity contribution in [3.8, 4) is 0 Å². The van der Waals surface area contributed by atoms with Crippen LogP contribution in [0.4, 0.5) is 4.79 Å². The first-order valence-corrected chi connectivity index (χ1v) is 6.43. The molecule has 106 valence electrons. The SMILES string of the molecule is CCCN(CC(=O)O)C(=O)NCC(C)C(C)(C)C. The molecule has 0 rings (SSSR count). The van der Waals surface area contributed by atoms with Crippen molar-refractivity contribution in [1.82, 2.24) is 10.2 Å². The molecule has 1 atom stereocenters. The fraction of sp³-hybridized carbons (Fsp3) is 0.846. The Morgan fingerprint density at radius 2 is 1.89 bits per heavy atom. The first-order chi connectivity index (χ1) is 8.18. The van der Waals surface area contributed by atoms with Gasteiger partial charge in [0, 0.05) is 13.1 Å². The van der Waals surface area contributed by atoms with Crippen LogP contribution in [0.2, 0.25) is 0 Å². The molecule has 0 heterocycles. The second-order valence-corrected chi connectivity index (χ2v) is 5.77. The Hall–Kier alpha value is -1.26. The lowest BCUT2D eigenvalue weighted by molar-refractivity contribution is -0.137. The smallest absolute Gasteiger partial charge is 0.323 e. The zero-order valence-electron chi connectivity index (χ0n) is 12.1. The normalized spacial score (nSPS) is 12.9. The predicted molar refractivity (Wildman–Crippen MR) is 71.5 cm³/mol. The van der Waals surface area contributed by atoms with Crippen LogP contribution in [0.1, 0.15) is 41.0 Å². The highest BCUT2D eigenvalue weighted by Gasteiger charge is 2.22. The van der Waals surface area contributed by atoms with E-state index in [1.807, 2.05) is 6.92 Å². The molecule has 0 radical (unpaired) electrons. The summed E-state index contributed by atoms with van der Waals surface area (Å²) >= 11 is 0. The fourth-order valence-electron chi connectivity index (χ4n) is 1.34. The second kappa shape index (κ2) is 7.24. The first-order valence-electron chi connectivity index (χ1n) is 6.43. The molecule has 1 unspecified atom stereocenters. The molecule has 2 N–H and O–H groups in total. The van der Waals surface area contributed by atoms with Crippen LogP contribution in [-0.2, 0) is 4.79 Å². The minimum Gasteiger partial charge on any atom is -0.480 e. The third-order valence-corrected chi connectivity index (χ3v) is 3.14. The van der Waals surface area contributed by atoms with Gasteiger partial charge >= 0.3 is 12.0 Å². The highest BCUT2D eigenvalue weighted by molar-refractivity contribution is 5.80. The van der Waals surface area contributed by atoms with E-state index in [1.54, 1.807) is 0 Å². The van der Waals surface area contributed by atoms with Gasteiger partial charge in [-0.05, 0) is 17.8 Å². The Balaban J connectivity index is 4.30. The van der Waals surface area contributed by atoms with Crippen LogP contribution in [0.25, 0.3) is 0 Å². The van der Waals surface area contributed by atoms with Crippen molar-refractivity contribution in [2.45, 2.75) is 41.0 Å². The molecular weight excluding hydrogens is 232 g/mol. The lowest BCUT2D eigenvalue weighted by Crippen LogP contribution is -2.45. The Morgan fingerprint density at radius 1 is 1.33 bits per heavy atom. The monoisotopic (exact) mass is 258 g/mol. The van der Waals surface area contributed by atoms with Crippen molar-refractivity contribution in [2.75, 3.05) is 19.6 Å². The van der Waals surface area contributed by atoms with E-state index in [1.165, 1.54) is 4.90 Å². The Morgan fingerprint density at radius 3 is 2.28 bits per heavy atom. The van der Waals surface area contributed by atoms with E-state index < -0.39 is 5.97 Å². The molecule has 0 spiro atoms. The van der Waals surface area contributed by atoms with E-state index in [9.17, 15) is 9.59 Å². The maximum absolute atomic E-state index is 11.9. The minimum absolute atomic E-state index is 0.121. The van der Waals surface area contributed by atoms with Gasteiger partial charge in [-0.2, -0.15) is 0 Å². The number of urea groups is 1. The van der Waals surface area contributed by atoms with Crippen LogP contribution in [0.15, 0.2) is 0 Å². The maximum atomic E-state index is 11.9. The van der Waals surface area contributed by atoms with Crippen LogP contribution in [-0.4, -0.2) is 41.6 Å². The largest absolute Gasteiger partial charge is 0.480 e. The van der Waals surface area contributed by atoms with Crippen LogP contribution >= 0.6 is 0 Å². The number of amides is 2. The maximum Gasteiger partial charge on any atom is 0.323 e. The van der Waals surface area contributed by atoms with Crippen molar-refractivity contribution in [2.24, 2.45) is 11.3 Å². The molecule has 0 aliphatic heterocycles. The first kappa shape index (κ1) is 16.7. The quantitative estimate of drug-likeness (QED) is 0.767. The number of carboxylic acids is 1. The van der Waals surface area contributed by atoms with Crippen molar-refractivity contribution in [3.05, 3.63) is 0 Å². The molecule has 0 aliphatic carbocycles. The number of nitrogens with one attached hydrogen (secondary N) is 1. The van der Waals surface area contributed by atoms with Gasteiger partial charge in [-0.15, -0.1) is 0 Å². The standard InChI is InChI=1S/C13H26N2O3/c1-6-7-15(9-11(16)17)12(18)14-8-10(2)13(3,4)5/h10H,6-9H2,1-5H3,(H,14,18)(H,16,17). The molecule has 2 amide bonds. The molecule has 0 aromatic heterocycles. The van der Waals surface area contributed by atoms with Crippen molar-refractivity contribution >= 4 is 12.0 Å². The molecule has 0 fully saturated rings. The van der Waals surface area contributed by atoms with E-state index >= 15 is 0 Å². The summed E-state index contributed by atoms with van der Waals surface area (Å²) in [4.78, 5) is 23.8. The van der Waals surface area contributed by atoms with Gasteiger partial charge in [0.1, 0.15) is 6.54 Å². The van der Waals surface area contributed by atoms with E-state index in [4.69, 9.17) is 5.11 Å². The molecule has 0 saturated heterocycles. The van der Waals surface area contributed by atoms with Crippen molar-refractivity contribution < 1.29 is 14.7 Å². The van der Waals surface area contributed by atoms with E-state index in [0.29, 0.717) is 19.0 Å². The van der Waals surface area contributed by atoms with Gasteiger partial charge in [0.2, 0.25) is 0 Å². The zero-order chi connectivity index (χ0) is 14.3. The number of rotatable bonds is 6. The van der Waals surface area contributed by atoms with Crippen molar-refractivity contribution in [3.63, 3.8) is 0 Å². The number of hydrogen-bond acceptors (Lipinski definition) is 2. The molecule has 0 bridgehead atoms. The van der Waals surface area contributed by atoms with Gasteiger partial charge in [-0.1, -0.05) is 34.6 Å². The number of carboxylic acid groups (broad SMARTS) is 1. The summed E-state index contributed by atoms with van der Waals surface area (Å²) < 4.78 is 0. The average Bonchev–Trinajstić information content (AvgIpc) is 2.22. The van der Waals surface area contributed by atoms with Gasteiger partial charge in [0.25, 0.3) is 0 Å². The average molecular weight is 258 g/mol. The molecule has 0 aromatic carbocycles. The summed E-state index contributed by atoms with van der Waals surface area (Å²) in [7, 11) is 0. The molecule has 5 nitrogen and oxygen atoms in total. The van der Waals surface area contributed by atoms with Crippen LogP contribution in [0.3, 0.4) is 0 Å². The van der Waals surface area contributed by atoms with E-state index in [2.05, 4.69) is 33.0 Å². The third-order valence-electron chi connectivity index (χ3n) is 3.14. The van der Waals surface area contributed by atoms with Crippen molar-refractivity contribution in [1.29, 1.82) is 0 Å². The van der Waals surface area contributed by atoms with Gasteiger partial charge < -0.3 is 15.3 Å². The third kappa shape index (κ3) is 6.47.